The lowest BCUT2D eigenvalue weighted by atomic mass is 10.2. The second-order valence-corrected chi connectivity index (χ2v) is 7.58. The number of amides is 2. The van der Waals surface area contributed by atoms with Crippen LogP contribution < -0.4 is 5.32 Å². The highest BCUT2D eigenvalue weighted by atomic mass is 32.2. The fourth-order valence-electron chi connectivity index (χ4n) is 2.00. The molecule has 1 fully saturated rings. The smallest absolute Gasteiger partial charge is 0.327 e. The van der Waals surface area contributed by atoms with Gasteiger partial charge in [0.05, 0.1) is 5.37 Å². The quantitative estimate of drug-likeness (QED) is 0.733. The van der Waals surface area contributed by atoms with Gasteiger partial charge in [-0.25, -0.2) is 9.59 Å². The minimum absolute atomic E-state index is 0.0854. The van der Waals surface area contributed by atoms with E-state index in [-0.39, 0.29) is 11.4 Å². The maximum Gasteiger partial charge on any atom is 0.327 e. The van der Waals surface area contributed by atoms with Crippen molar-refractivity contribution in [1.29, 1.82) is 0 Å². The summed E-state index contributed by atoms with van der Waals surface area (Å²) in [4.78, 5) is 24.8. The molecule has 3 atom stereocenters. The Kier molecular flexibility index (Phi) is 7.36. The van der Waals surface area contributed by atoms with Gasteiger partial charge in [0.2, 0.25) is 0 Å². The van der Waals surface area contributed by atoms with Crippen molar-refractivity contribution in [1.82, 2.24) is 10.2 Å². The minimum Gasteiger partial charge on any atom is -0.480 e. The van der Waals surface area contributed by atoms with E-state index >= 15 is 0 Å². The summed E-state index contributed by atoms with van der Waals surface area (Å²) in [7, 11) is -0.929. The van der Waals surface area contributed by atoms with E-state index in [4.69, 9.17) is 0 Å². The zero-order valence-corrected chi connectivity index (χ0v) is 13.5. The van der Waals surface area contributed by atoms with Crippen LogP contribution in [0.2, 0.25) is 0 Å². The second kappa shape index (κ2) is 8.51. The number of carboxylic acids is 1. The molecule has 116 valence electrons. The fraction of sp³-hybridized carbons (Fsp3) is 0.833. The molecule has 6 nitrogen and oxygen atoms in total. The van der Waals surface area contributed by atoms with Crippen molar-refractivity contribution in [3.63, 3.8) is 0 Å². The van der Waals surface area contributed by atoms with Crippen molar-refractivity contribution >= 4 is 34.6 Å². The molecular weight excluding hydrogens is 300 g/mol. The third kappa shape index (κ3) is 4.66. The van der Waals surface area contributed by atoms with Gasteiger partial charge in [0.1, 0.15) is 6.04 Å². The average Bonchev–Trinajstić information content (AvgIpc) is 2.82. The second-order valence-electron chi connectivity index (χ2n) is 4.50. The normalized spacial score (nSPS) is 23.6. The Hall–Kier alpha value is -0.760. The summed E-state index contributed by atoms with van der Waals surface area (Å²) in [5, 5.41) is 11.8. The molecule has 1 saturated heterocycles. The summed E-state index contributed by atoms with van der Waals surface area (Å²) < 4.78 is 11.3. The standard InChI is InChI=1S/C12H22N2O4S2/c1-3-5-10-14(9(8-19-10)11(15)16)12(17)13-6-7-20(18)4-2/h9-10H,3-8H2,1-2H3,(H,13,17)(H,15,16). The number of rotatable bonds is 7. The molecule has 1 heterocycles. The number of nitrogens with one attached hydrogen (secondary N) is 1. The van der Waals surface area contributed by atoms with Crippen LogP contribution in [0.25, 0.3) is 0 Å². The molecule has 0 radical (unpaired) electrons. The van der Waals surface area contributed by atoms with Gasteiger partial charge in [-0.2, -0.15) is 0 Å². The number of carboxylic acid groups (broad SMARTS) is 1. The largest absolute Gasteiger partial charge is 0.480 e. The number of aliphatic carboxylic acids is 1. The molecule has 2 amide bonds. The highest BCUT2D eigenvalue weighted by Crippen LogP contribution is 2.32. The Morgan fingerprint density at radius 2 is 2.15 bits per heavy atom. The Morgan fingerprint density at radius 1 is 1.45 bits per heavy atom. The van der Waals surface area contributed by atoms with Crippen LogP contribution in [0.15, 0.2) is 0 Å². The molecule has 1 rings (SSSR count). The number of carbonyl (C=O) groups excluding carboxylic acids is 1. The van der Waals surface area contributed by atoms with E-state index in [1.807, 2.05) is 13.8 Å². The number of hydrogen-bond acceptors (Lipinski definition) is 4. The van der Waals surface area contributed by atoms with Gasteiger partial charge in [0, 0.05) is 34.6 Å². The first-order valence-electron chi connectivity index (χ1n) is 6.76. The molecule has 1 aliphatic heterocycles. The zero-order chi connectivity index (χ0) is 15.1. The number of hydrogen-bond donors (Lipinski definition) is 2. The maximum atomic E-state index is 12.2. The molecule has 0 spiro atoms. The first-order chi connectivity index (χ1) is 9.51. The Morgan fingerprint density at radius 3 is 2.70 bits per heavy atom. The van der Waals surface area contributed by atoms with Crippen molar-refractivity contribution < 1.29 is 18.9 Å². The van der Waals surface area contributed by atoms with Crippen LogP contribution >= 0.6 is 11.8 Å². The van der Waals surface area contributed by atoms with Crippen molar-refractivity contribution in [2.75, 3.05) is 23.8 Å². The molecule has 0 aromatic rings. The molecule has 20 heavy (non-hydrogen) atoms. The summed E-state index contributed by atoms with van der Waals surface area (Å²) >= 11 is 1.51. The molecule has 8 heteroatoms. The summed E-state index contributed by atoms with van der Waals surface area (Å²) in [6.07, 6.45) is 1.68. The van der Waals surface area contributed by atoms with Crippen LogP contribution in [0.5, 0.6) is 0 Å². The number of nitrogens with zero attached hydrogens (tertiary/aromatic N) is 1. The first kappa shape index (κ1) is 17.3. The number of carbonyl (C=O) groups is 2. The van der Waals surface area contributed by atoms with E-state index in [1.165, 1.54) is 16.7 Å². The first-order valence-corrected chi connectivity index (χ1v) is 9.30. The van der Waals surface area contributed by atoms with E-state index in [2.05, 4.69) is 5.32 Å². The Balaban J connectivity index is 2.59. The maximum absolute atomic E-state index is 12.2. The molecular formula is C12H22N2O4S2. The third-order valence-corrected chi connectivity index (χ3v) is 5.73. The molecule has 0 aliphatic carbocycles. The van der Waals surface area contributed by atoms with E-state index in [9.17, 15) is 18.9 Å². The monoisotopic (exact) mass is 322 g/mol. The lowest BCUT2D eigenvalue weighted by Crippen LogP contribution is -2.50. The van der Waals surface area contributed by atoms with E-state index < -0.39 is 22.8 Å². The fourth-order valence-corrected chi connectivity index (χ4v) is 4.13. The van der Waals surface area contributed by atoms with Gasteiger partial charge in [0.15, 0.2) is 0 Å². The van der Waals surface area contributed by atoms with Crippen molar-refractivity contribution in [3.8, 4) is 0 Å². The summed E-state index contributed by atoms with van der Waals surface area (Å²) in [5.41, 5.74) is 0. The molecule has 3 unspecified atom stereocenters. The zero-order valence-electron chi connectivity index (χ0n) is 11.8. The van der Waals surface area contributed by atoms with Gasteiger partial charge in [-0.1, -0.05) is 20.3 Å². The number of thioether (sulfide) groups is 1. The Labute approximate surface area is 126 Å². The van der Waals surface area contributed by atoms with Crippen molar-refractivity contribution in [2.45, 2.75) is 38.1 Å². The summed E-state index contributed by atoms with van der Waals surface area (Å²) in [5.74, 6) is 0.419. The highest BCUT2D eigenvalue weighted by Gasteiger charge is 2.41. The lowest BCUT2D eigenvalue weighted by Gasteiger charge is -2.27. The lowest BCUT2D eigenvalue weighted by molar-refractivity contribution is -0.141. The third-order valence-electron chi connectivity index (χ3n) is 3.08. The van der Waals surface area contributed by atoms with Crippen LogP contribution in [-0.4, -0.2) is 61.4 Å². The van der Waals surface area contributed by atoms with Gasteiger partial charge in [-0.3, -0.25) is 9.11 Å². The molecule has 2 N–H and O–H groups in total. The average molecular weight is 322 g/mol. The molecule has 1 aliphatic rings. The summed E-state index contributed by atoms with van der Waals surface area (Å²) in [6, 6.07) is -1.14. The topological polar surface area (TPSA) is 86.7 Å². The highest BCUT2D eigenvalue weighted by molar-refractivity contribution is 8.00. The van der Waals surface area contributed by atoms with E-state index in [0.29, 0.717) is 23.8 Å². The number of urea groups is 1. The molecule has 0 aromatic heterocycles. The van der Waals surface area contributed by atoms with Crippen molar-refractivity contribution in [3.05, 3.63) is 0 Å². The van der Waals surface area contributed by atoms with E-state index in [0.717, 1.165) is 12.8 Å². The minimum atomic E-state index is -0.969. The predicted molar refractivity (Wildman–Crippen MR) is 81.4 cm³/mol. The van der Waals surface area contributed by atoms with Crippen LogP contribution in [0.4, 0.5) is 4.79 Å². The predicted octanol–water partition coefficient (Wildman–Crippen LogP) is 1.09. The van der Waals surface area contributed by atoms with Crippen LogP contribution in [-0.2, 0) is 15.6 Å². The van der Waals surface area contributed by atoms with Crippen LogP contribution in [0, 0.1) is 0 Å². The van der Waals surface area contributed by atoms with E-state index in [1.54, 1.807) is 0 Å². The molecule has 0 saturated carbocycles. The van der Waals surface area contributed by atoms with Gasteiger partial charge < -0.3 is 10.4 Å². The van der Waals surface area contributed by atoms with Gasteiger partial charge in [0.25, 0.3) is 0 Å². The van der Waals surface area contributed by atoms with Gasteiger partial charge >= 0.3 is 12.0 Å². The van der Waals surface area contributed by atoms with Crippen molar-refractivity contribution in [2.24, 2.45) is 0 Å². The van der Waals surface area contributed by atoms with Crippen LogP contribution in [0.3, 0.4) is 0 Å². The molecule has 0 aromatic carbocycles. The van der Waals surface area contributed by atoms with Gasteiger partial charge in [-0.15, -0.1) is 11.8 Å². The molecule has 0 bridgehead atoms. The summed E-state index contributed by atoms with van der Waals surface area (Å²) in [6.45, 7) is 4.15. The van der Waals surface area contributed by atoms with Crippen LogP contribution in [0.1, 0.15) is 26.7 Å². The van der Waals surface area contributed by atoms with Gasteiger partial charge in [-0.05, 0) is 6.42 Å². The Bertz CT molecular complexity index is 378. The SMILES string of the molecule is CCCC1SCC(C(=O)O)N1C(=O)NCCS(=O)CC.